The van der Waals surface area contributed by atoms with Gasteiger partial charge in [0, 0.05) is 53.0 Å². The number of aryl methyl sites for hydroxylation is 1. The van der Waals surface area contributed by atoms with Crippen LogP contribution in [-0.4, -0.2) is 103 Å². The number of methoxy groups -OCH3 is 1. The number of nitrogens with one attached hydrogen (secondary N) is 6. The van der Waals surface area contributed by atoms with Gasteiger partial charge in [-0.25, -0.2) is 39.7 Å². The number of nitrogens with zero attached hydrogens (tertiary/aromatic N) is 7. The van der Waals surface area contributed by atoms with Gasteiger partial charge in [-0.1, -0.05) is 41.7 Å². The molecule has 8 heterocycles. The molecule has 0 fully saturated rings. The van der Waals surface area contributed by atoms with Gasteiger partial charge < -0.3 is 35.5 Å². The molecule has 7 aromatic heterocycles. The largest absolute Gasteiger partial charge is 0.455 e. The summed E-state index contributed by atoms with van der Waals surface area (Å²) in [6, 6.07) is 10.3. The lowest BCUT2D eigenvalue weighted by Crippen LogP contribution is -2.41. The molecule has 23 nitrogen and oxygen atoms in total. The molecule has 8 aromatic rings. The molecule has 0 unspecified atom stereocenters. The normalized spacial score (nSPS) is 15.5. The van der Waals surface area contributed by atoms with Crippen molar-refractivity contribution in [2.45, 2.75) is 71.4 Å². The third kappa shape index (κ3) is 13.4. The second kappa shape index (κ2) is 24.1. The first kappa shape index (κ1) is 55.9. The predicted molar refractivity (Wildman–Crippen MR) is 299 cm³/mol. The summed E-state index contributed by atoms with van der Waals surface area (Å²) in [5.41, 5.74) is 1.80. The van der Waals surface area contributed by atoms with Gasteiger partial charge >= 0.3 is 12.1 Å². The van der Waals surface area contributed by atoms with E-state index >= 15 is 0 Å². The Morgan fingerprint density at radius 1 is 0.734 bits per heavy atom. The van der Waals surface area contributed by atoms with Crippen LogP contribution in [0.15, 0.2) is 64.0 Å². The summed E-state index contributed by atoms with van der Waals surface area (Å²) in [6.07, 6.45) is -1.99. The smallest absolute Gasteiger partial charge is 0.413 e. The van der Waals surface area contributed by atoms with Crippen molar-refractivity contribution < 1.29 is 47.8 Å². The summed E-state index contributed by atoms with van der Waals surface area (Å²) in [6.45, 7) is 7.55. The maximum absolute atomic E-state index is 14.2. The van der Waals surface area contributed by atoms with E-state index in [1.54, 1.807) is 91.7 Å². The number of fused-ring (bicyclic) bond motifs is 14. The first-order chi connectivity index (χ1) is 37.8. The molecule has 1 aromatic carbocycles. The number of hydrogen-bond acceptors (Lipinski definition) is 23. The van der Waals surface area contributed by atoms with Crippen LogP contribution in [0.5, 0.6) is 0 Å². The molecule has 1 aliphatic heterocycles. The lowest BCUT2D eigenvalue weighted by Gasteiger charge is -2.26. The monoisotopic (exact) mass is 1180 g/mol. The highest BCUT2D eigenvalue weighted by atomic mass is 32.1. The van der Waals surface area contributed by atoms with Crippen LogP contribution in [0.2, 0.25) is 0 Å². The SMILES string of the molecule is CNC(=O)C[C@@H]1NC(=O)c2csc(n2)-c2ccc(-c3nc(NC(=O)OC(C)(C)C)cs3)nc2-c2csc(n2)-c2csc(n2)[C@H]([C@@H](OC(C)=O)c2ccccc2)NC(=O)CNC(=O)c2nc(sc2COC)NC(=O)c2nc1sc2C. The van der Waals surface area contributed by atoms with Crippen LogP contribution in [0.25, 0.3) is 43.4 Å². The van der Waals surface area contributed by atoms with Crippen LogP contribution in [0.3, 0.4) is 0 Å². The number of pyridine rings is 1. The molecular weight excluding hydrogens is 1140 g/mol. The molecule has 408 valence electrons. The lowest BCUT2D eigenvalue weighted by atomic mass is 10.0. The number of amides is 6. The fourth-order valence-corrected chi connectivity index (χ4v) is 12.8. The summed E-state index contributed by atoms with van der Waals surface area (Å²) in [5, 5.41) is 25.0. The van der Waals surface area contributed by atoms with Crippen LogP contribution in [0.1, 0.15) is 109 Å². The fourth-order valence-electron chi connectivity index (χ4n) is 7.68. The average Bonchev–Trinajstić information content (AvgIpc) is 4.47. The maximum Gasteiger partial charge on any atom is 0.413 e. The Balaban J connectivity index is 1.14. The minimum Gasteiger partial charge on any atom is -0.455 e. The number of thiazole rings is 6. The molecule has 29 heteroatoms. The highest BCUT2D eigenvalue weighted by Gasteiger charge is 2.34. The van der Waals surface area contributed by atoms with E-state index in [2.05, 4.69) is 46.9 Å². The van der Waals surface area contributed by atoms with Gasteiger partial charge in [0.25, 0.3) is 17.7 Å². The minimum atomic E-state index is -1.08. The Labute approximate surface area is 474 Å². The third-order valence-electron chi connectivity index (χ3n) is 11.1. The number of hydrogen-bond donors (Lipinski definition) is 6. The van der Waals surface area contributed by atoms with E-state index in [1.807, 2.05) is 0 Å². The number of carbonyl (C=O) groups excluding carboxylic acids is 7. The number of esters is 1. The van der Waals surface area contributed by atoms with Crippen molar-refractivity contribution in [1.29, 1.82) is 0 Å². The average molecular weight is 1180 g/mol. The first-order valence-corrected chi connectivity index (χ1v) is 28.9. The third-order valence-corrected chi connectivity index (χ3v) is 16.7. The van der Waals surface area contributed by atoms with Crippen molar-refractivity contribution in [2.75, 3.05) is 31.3 Å². The topological polar surface area (TPSA) is 310 Å². The maximum atomic E-state index is 14.2. The van der Waals surface area contributed by atoms with E-state index < -0.39 is 71.9 Å². The van der Waals surface area contributed by atoms with Gasteiger partial charge in [-0.05, 0) is 45.4 Å². The Bertz CT molecular complexity index is 3620. The zero-order chi connectivity index (χ0) is 56.1. The molecule has 0 saturated carbocycles. The highest BCUT2D eigenvalue weighted by molar-refractivity contribution is 7.16. The van der Waals surface area contributed by atoms with E-state index in [0.29, 0.717) is 63.7 Å². The summed E-state index contributed by atoms with van der Waals surface area (Å²) >= 11 is 6.92. The van der Waals surface area contributed by atoms with Crippen LogP contribution >= 0.6 is 68.0 Å². The molecule has 3 atom stereocenters. The number of aromatic nitrogens is 7. The summed E-state index contributed by atoms with van der Waals surface area (Å²) in [4.78, 5) is 128. The summed E-state index contributed by atoms with van der Waals surface area (Å²) < 4.78 is 16.7. The van der Waals surface area contributed by atoms with Gasteiger partial charge in [-0.15, -0.1) is 56.7 Å². The van der Waals surface area contributed by atoms with E-state index in [4.69, 9.17) is 34.1 Å². The Morgan fingerprint density at radius 3 is 2.20 bits per heavy atom. The second-order valence-corrected chi connectivity index (χ2v) is 23.9. The van der Waals surface area contributed by atoms with Crippen LogP contribution in [0, 0.1) is 6.92 Å². The summed E-state index contributed by atoms with van der Waals surface area (Å²) in [7, 11) is 2.88. The molecule has 6 N–H and O–H groups in total. The number of benzene rings is 1. The Morgan fingerprint density at radius 2 is 1.46 bits per heavy atom. The summed E-state index contributed by atoms with van der Waals surface area (Å²) in [5.74, 6) is -3.51. The fraction of sp³-hybridized carbons (Fsp3) is 0.280. The van der Waals surface area contributed by atoms with Crippen molar-refractivity contribution in [3.8, 4) is 43.4 Å². The van der Waals surface area contributed by atoms with Crippen molar-refractivity contribution in [3.05, 3.63) is 106 Å². The molecule has 0 saturated heterocycles. The van der Waals surface area contributed by atoms with Crippen molar-refractivity contribution in [3.63, 3.8) is 0 Å². The van der Waals surface area contributed by atoms with E-state index in [1.165, 1.54) is 66.4 Å². The predicted octanol–water partition coefficient (Wildman–Crippen LogP) is 8.36. The van der Waals surface area contributed by atoms with Crippen LogP contribution in [0.4, 0.5) is 15.7 Å². The number of carbonyl (C=O) groups is 7. The molecule has 6 amide bonds. The van der Waals surface area contributed by atoms with E-state index in [-0.39, 0.29) is 46.1 Å². The van der Waals surface area contributed by atoms with Crippen LogP contribution < -0.4 is 31.9 Å². The molecule has 0 aliphatic carbocycles. The molecular formula is C50H47N13O10S6. The lowest BCUT2D eigenvalue weighted by molar-refractivity contribution is -0.149. The van der Waals surface area contributed by atoms with E-state index in [9.17, 15) is 33.6 Å². The van der Waals surface area contributed by atoms with Gasteiger partial charge in [-0.3, -0.25) is 39.4 Å². The number of ether oxygens (including phenoxy) is 3. The Kier molecular flexibility index (Phi) is 17.0. The molecule has 0 radical (unpaired) electrons. The standard InChI is InChI=1S/C50H47N13O10S6/c1-22-35-42(69)63-48-62-37(31(79-48)17-71-7)41(68)52-16-34(66)60-38(39(72-23(2)64)24-11-9-8-10-12-24)47-57-30(20-76-47)45-55-28(18-75-45)36-25(13-14-26(53-36)44-58-32(21-77-44)59-49(70)73-50(3,4)5)43-56-29(19-74-43)40(67)54-27(15-33(65)51-6)46(61-35)78-22/h8-14,18-21,27,38-39H,15-17H2,1-7H3,(H,51,65)(H,52,68)(H,54,67)(H,59,70)(H,60,66)(H,62,63,69)/t27-,38-,39-/m0/s1. The minimum absolute atomic E-state index is 0.0159. The first-order valence-electron chi connectivity index (χ1n) is 23.8. The van der Waals surface area contributed by atoms with Crippen LogP contribution in [-0.2, 0) is 35.2 Å². The van der Waals surface area contributed by atoms with Gasteiger partial charge in [0.2, 0.25) is 11.8 Å². The zero-order valence-electron chi connectivity index (χ0n) is 42.9. The molecule has 10 bridgehead atoms. The number of anilines is 2. The molecule has 9 rings (SSSR count). The Hall–Kier alpha value is -7.80. The van der Waals surface area contributed by atoms with Crippen molar-refractivity contribution in [1.82, 2.24) is 56.2 Å². The van der Waals surface area contributed by atoms with Crippen molar-refractivity contribution in [2.24, 2.45) is 0 Å². The highest BCUT2D eigenvalue weighted by Crippen LogP contribution is 2.40. The molecule has 1 aliphatic rings. The van der Waals surface area contributed by atoms with Crippen molar-refractivity contribution >= 4 is 121 Å². The van der Waals surface area contributed by atoms with Gasteiger partial charge in [-0.2, -0.15) is 0 Å². The van der Waals surface area contributed by atoms with Gasteiger partial charge in [0.15, 0.2) is 11.2 Å². The second-order valence-electron chi connectivity index (χ2n) is 18.1. The molecule has 0 spiro atoms. The molecule has 79 heavy (non-hydrogen) atoms. The van der Waals surface area contributed by atoms with Gasteiger partial charge in [0.1, 0.15) is 76.7 Å². The zero-order valence-corrected chi connectivity index (χ0v) is 47.8. The van der Waals surface area contributed by atoms with Gasteiger partial charge in [0.05, 0.1) is 36.2 Å². The quantitative estimate of drug-likeness (QED) is 0.0739. The number of rotatable bonds is 9. The van der Waals surface area contributed by atoms with E-state index in [0.717, 1.165) is 22.7 Å².